The molecule has 1 aromatic heterocycles. The van der Waals surface area contributed by atoms with Crippen LogP contribution in [0.4, 0.5) is 10.5 Å². The first kappa shape index (κ1) is 16.2. The molecule has 2 N–H and O–H groups in total. The van der Waals surface area contributed by atoms with E-state index in [2.05, 4.69) is 27.4 Å². The topological polar surface area (TPSA) is 59.0 Å². The minimum absolute atomic E-state index is 0.160. The first-order chi connectivity index (χ1) is 12.1. The summed E-state index contributed by atoms with van der Waals surface area (Å²) in [6.07, 6.45) is 5.10. The largest absolute Gasteiger partial charge is 0.336 e. The molecule has 2 aliphatic carbocycles. The van der Waals surface area contributed by atoms with E-state index in [0.29, 0.717) is 18.4 Å². The van der Waals surface area contributed by atoms with E-state index in [4.69, 9.17) is 5.10 Å². The van der Waals surface area contributed by atoms with Crippen molar-refractivity contribution in [1.82, 2.24) is 15.1 Å². The summed E-state index contributed by atoms with van der Waals surface area (Å²) in [4.78, 5) is 12.1. The highest BCUT2D eigenvalue weighted by molar-refractivity contribution is 5.89. The van der Waals surface area contributed by atoms with Gasteiger partial charge < -0.3 is 10.6 Å². The Morgan fingerprint density at radius 2 is 1.76 bits per heavy atom. The second-order valence-electron chi connectivity index (χ2n) is 7.52. The Morgan fingerprint density at radius 3 is 2.40 bits per heavy atom. The highest BCUT2D eigenvalue weighted by Gasteiger charge is 2.32. The van der Waals surface area contributed by atoms with E-state index in [-0.39, 0.29) is 6.03 Å². The van der Waals surface area contributed by atoms with Crippen molar-refractivity contribution >= 4 is 11.7 Å². The molecule has 2 fully saturated rings. The molecule has 2 amide bonds. The van der Waals surface area contributed by atoms with Crippen molar-refractivity contribution < 1.29 is 4.79 Å². The van der Waals surface area contributed by atoms with Crippen LogP contribution >= 0.6 is 0 Å². The number of carbonyl (C=O) groups is 1. The number of nitrogens with zero attached hydrogens (tertiary/aromatic N) is 2. The zero-order valence-electron chi connectivity index (χ0n) is 15.0. The van der Waals surface area contributed by atoms with Gasteiger partial charge in [0.2, 0.25) is 0 Å². The van der Waals surface area contributed by atoms with Gasteiger partial charge in [0.05, 0.1) is 12.2 Å². The number of benzene rings is 1. The van der Waals surface area contributed by atoms with Crippen LogP contribution in [0.2, 0.25) is 0 Å². The van der Waals surface area contributed by atoms with E-state index in [1.807, 2.05) is 26.0 Å². The van der Waals surface area contributed by atoms with Gasteiger partial charge in [-0.15, -0.1) is 0 Å². The van der Waals surface area contributed by atoms with Crippen LogP contribution in [0.15, 0.2) is 24.3 Å². The molecular formula is C20H26N4O. The van der Waals surface area contributed by atoms with Crippen LogP contribution in [0.25, 0.3) is 0 Å². The summed E-state index contributed by atoms with van der Waals surface area (Å²) in [5.74, 6) is 1.36. The van der Waals surface area contributed by atoms with E-state index < -0.39 is 0 Å². The highest BCUT2D eigenvalue weighted by atomic mass is 16.2. The summed E-state index contributed by atoms with van der Waals surface area (Å²) < 4.78 is 2.11. The molecule has 2 aliphatic rings. The Balaban J connectivity index is 1.32. The van der Waals surface area contributed by atoms with E-state index in [1.54, 1.807) is 0 Å². The lowest BCUT2D eigenvalue weighted by Crippen LogP contribution is -2.32. The molecule has 2 saturated carbocycles. The van der Waals surface area contributed by atoms with Crippen molar-refractivity contribution in [3.05, 3.63) is 46.8 Å². The number of aromatic nitrogens is 2. The number of nitrogens with one attached hydrogen (secondary N) is 2. The Morgan fingerprint density at radius 1 is 1.08 bits per heavy atom. The van der Waals surface area contributed by atoms with Gasteiger partial charge in [-0.2, -0.15) is 5.10 Å². The summed E-state index contributed by atoms with van der Waals surface area (Å²) in [7, 11) is 0. The van der Waals surface area contributed by atoms with E-state index in [9.17, 15) is 4.79 Å². The number of amides is 2. The highest BCUT2D eigenvalue weighted by Crippen LogP contribution is 2.44. The van der Waals surface area contributed by atoms with Gasteiger partial charge in [-0.05, 0) is 68.9 Å². The lowest BCUT2D eigenvalue weighted by molar-refractivity contribution is 0.251. The molecule has 132 valence electrons. The minimum atomic E-state index is -0.160. The summed E-state index contributed by atoms with van der Waals surface area (Å²) in [6.45, 7) is 5.39. The summed E-state index contributed by atoms with van der Waals surface area (Å²) in [5.41, 5.74) is 5.74. The van der Waals surface area contributed by atoms with Crippen LogP contribution in [0.1, 0.15) is 60.0 Å². The van der Waals surface area contributed by atoms with Gasteiger partial charge in [-0.3, -0.25) is 4.68 Å². The Hall–Kier alpha value is -2.30. The number of hydrogen-bond donors (Lipinski definition) is 2. The number of anilines is 1. The fourth-order valence-corrected chi connectivity index (χ4v) is 3.41. The summed E-state index contributed by atoms with van der Waals surface area (Å²) in [5, 5.41) is 10.6. The van der Waals surface area contributed by atoms with E-state index in [1.165, 1.54) is 37.1 Å². The maximum Gasteiger partial charge on any atom is 0.319 e. The smallest absolute Gasteiger partial charge is 0.319 e. The van der Waals surface area contributed by atoms with Crippen molar-refractivity contribution in [3.63, 3.8) is 0 Å². The van der Waals surface area contributed by atoms with Crippen LogP contribution in [0.5, 0.6) is 0 Å². The molecule has 0 aliphatic heterocycles. The molecule has 0 spiro atoms. The average molecular weight is 338 g/mol. The van der Waals surface area contributed by atoms with Crippen LogP contribution in [-0.4, -0.2) is 22.4 Å². The predicted octanol–water partition coefficient (Wildman–Crippen LogP) is 4.08. The second kappa shape index (κ2) is 6.54. The van der Waals surface area contributed by atoms with Gasteiger partial charge in [0.15, 0.2) is 0 Å². The third kappa shape index (κ3) is 4.03. The van der Waals surface area contributed by atoms with Crippen molar-refractivity contribution in [2.24, 2.45) is 0 Å². The lowest BCUT2D eigenvalue weighted by Gasteiger charge is -2.10. The standard InChI is InChI=1S/C20H26N4O/c1-13-9-14(2)11-17(10-13)22-20(25)21-7-8-24-19(16-5-6-16)12-18(23-24)15-3-4-15/h9-12,15-16H,3-8H2,1-2H3,(H2,21,22,25). The van der Waals surface area contributed by atoms with Gasteiger partial charge >= 0.3 is 6.03 Å². The molecule has 1 aromatic carbocycles. The van der Waals surface area contributed by atoms with Crippen molar-refractivity contribution in [2.75, 3.05) is 11.9 Å². The first-order valence-electron chi connectivity index (χ1n) is 9.29. The van der Waals surface area contributed by atoms with Crippen molar-refractivity contribution in [1.29, 1.82) is 0 Å². The molecule has 0 radical (unpaired) electrons. The predicted molar refractivity (Wildman–Crippen MR) is 99.1 cm³/mol. The Labute approximate surface area is 148 Å². The number of urea groups is 1. The molecule has 4 rings (SSSR count). The van der Waals surface area contributed by atoms with Crippen LogP contribution in [-0.2, 0) is 6.54 Å². The lowest BCUT2D eigenvalue weighted by atomic mass is 10.1. The molecule has 1 heterocycles. The van der Waals surface area contributed by atoms with Crippen LogP contribution < -0.4 is 10.6 Å². The second-order valence-corrected chi connectivity index (χ2v) is 7.52. The molecule has 0 bridgehead atoms. The molecule has 0 saturated heterocycles. The molecule has 0 atom stereocenters. The average Bonchev–Trinajstić information content (AvgIpc) is 3.45. The van der Waals surface area contributed by atoms with Gasteiger partial charge in [-0.25, -0.2) is 4.79 Å². The van der Waals surface area contributed by atoms with E-state index in [0.717, 1.165) is 23.4 Å². The van der Waals surface area contributed by atoms with Crippen molar-refractivity contribution in [3.8, 4) is 0 Å². The molecule has 2 aromatic rings. The summed E-state index contributed by atoms with van der Waals surface area (Å²) >= 11 is 0. The van der Waals surface area contributed by atoms with Gasteiger partial charge in [0.25, 0.3) is 0 Å². The maximum atomic E-state index is 12.1. The normalized spacial score (nSPS) is 16.7. The fraction of sp³-hybridized carbons (Fsp3) is 0.500. The quantitative estimate of drug-likeness (QED) is 0.834. The minimum Gasteiger partial charge on any atom is -0.336 e. The van der Waals surface area contributed by atoms with Crippen molar-refractivity contribution in [2.45, 2.75) is 57.9 Å². The molecule has 0 unspecified atom stereocenters. The van der Waals surface area contributed by atoms with Crippen LogP contribution in [0, 0.1) is 13.8 Å². The van der Waals surface area contributed by atoms with Crippen LogP contribution in [0.3, 0.4) is 0 Å². The SMILES string of the molecule is Cc1cc(C)cc(NC(=O)NCCn2nc(C3CC3)cc2C2CC2)c1. The molecular weight excluding hydrogens is 312 g/mol. The molecule has 5 nitrogen and oxygen atoms in total. The number of hydrogen-bond acceptors (Lipinski definition) is 2. The number of aryl methyl sites for hydroxylation is 2. The van der Waals surface area contributed by atoms with E-state index >= 15 is 0 Å². The number of rotatable bonds is 6. The van der Waals surface area contributed by atoms with Gasteiger partial charge in [-0.1, -0.05) is 6.07 Å². The maximum absolute atomic E-state index is 12.1. The molecule has 5 heteroatoms. The van der Waals surface area contributed by atoms with Gasteiger partial charge in [0.1, 0.15) is 0 Å². The zero-order valence-corrected chi connectivity index (χ0v) is 15.0. The third-order valence-corrected chi connectivity index (χ3v) is 4.91. The zero-order chi connectivity index (χ0) is 17.4. The fourth-order valence-electron chi connectivity index (χ4n) is 3.41. The number of carbonyl (C=O) groups excluding carboxylic acids is 1. The Kier molecular flexibility index (Phi) is 4.24. The first-order valence-corrected chi connectivity index (χ1v) is 9.29. The Bertz CT molecular complexity index is 767. The monoisotopic (exact) mass is 338 g/mol. The van der Waals surface area contributed by atoms with Gasteiger partial charge in [0, 0.05) is 29.8 Å². The third-order valence-electron chi connectivity index (χ3n) is 4.91. The summed E-state index contributed by atoms with van der Waals surface area (Å²) in [6, 6.07) is 8.19. The molecule has 25 heavy (non-hydrogen) atoms.